The molecule has 180 valence electrons. The molecule has 0 bridgehead atoms. The van der Waals surface area contributed by atoms with Crippen molar-refractivity contribution in [1.29, 1.82) is 0 Å². The van der Waals surface area contributed by atoms with Crippen LogP contribution in [-0.4, -0.2) is 47.8 Å². The van der Waals surface area contributed by atoms with Crippen molar-refractivity contribution in [2.45, 2.75) is 51.7 Å². The molecule has 1 saturated heterocycles. The summed E-state index contributed by atoms with van der Waals surface area (Å²) >= 11 is 0. The highest BCUT2D eigenvalue weighted by atomic mass is 19.1. The summed E-state index contributed by atoms with van der Waals surface area (Å²) < 4.78 is 26.2. The summed E-state index contributed by atoms with van der Waals surface area (Å²) in [5, 5.41) is 16.5. The second-order valence-corrected chi connectivity index (χ2v) is 9.48. The Morgan fingerprint density at radius 1 is 1.03 bits per heavy atom. The van der Waals surface area contributed by atoms with Gasteiger partial charge in [-0.15, -0.1) is 0 Å². The van der Waals surface area contributed by atoms with Crippen LogP contribution in [0.1, 0.15) is 38.7 Å². The molecule has 2 aromatic carbocycles. The first-order valence-corrected chi connectivity index (χ1v) is 11.8. The van der Waals surface area contributed by atoms with Crippen LogP contribution in [0.3, 0.4) is 0 Å². The van der Waals surface area contributed by atoms with Crippen molar-refractivity contribution >= 4 is 11.7 Å². The van der Waals surface area contributed by atoms with Crippen molar-refractivity contribution < 1.29 is 18.7 Å². The second kappa shape index (κ2) is 12.1. The van der Waals surface area contributed by atoms with Crippen LogP contribution in [0.4, 0.5) is 19.3 Å². The molecule has 33 heavy (non-hydrogen) atoms. The van der Waals surface area contributed by atoms with Crippen LogP contribution in [0.25, 0.3) is 0 Å². The van der Waals surface area contributed by atoms with Crippen molar-refractivity contribution in [3.8, 4) is 0 Å². The lowest BCUT2D eigenvalue weighted by molar-refractivity contribution is 0.0605. The molecule has 0 aliphatic carbocycles. The Kier molecular flexibility index (Phi) is 9.21. The summed E-state index contributed by atoms with van der Waals surface area (Å²) in [6.45, 7) is 6.39. The number of anilines is 1. The van der Waals surface area contributed by atoms with Crippen LogP contribution in [0.5, 0.6) is 0 Å². The number of urea groups is 1. The zero-order valence-corrected chi connectivity index (χ0v) is 19.4. The van der Waals surface area contributed by atoms with E-state index in [1.807, 2.05) is 12.1 Å². The number of amides is 2. The highest BCUT2D eigenvalue weighted by Crippen LogP contribution is 2.23. The number of likely N-dealkylation sites (tertiary alicyclic amines) is 1. The van der Waals surface area contributed by atoms with E-state index in [4.69, 9.17) is 0 Å². The summed E-state index contributed by atoms with van der Waals surface area (Å²) in [6.07, 6.45) is 2.95. The average Bonchev–Trinajstić information content (AvgIpc) is 2.77. The van der Waals surface area contributed by atoms with Gasteiger partial charge in [0.05, 0.1) is 12.1 Å². The molecule has 1 heterocycles. The minimum Gasteiger partial charge on any atom is -0.390 e. The Morgan fingerprint density at radius 2 is 1.61 bits per heavy atom. The quantitative estimate of drug-likeness (QED) is 0.504. The van der Waals surface area contributed by atoms with Gasteiger partial charge in [-0.25, -0.2) is 13.6 Å². The SMILES string of the molecule is CC(C)C[C@@H](NC(=O)Nc1ccc(F)cc1)[C@H](O)CN1CCC(Cc2ccc(F)cc2)CC1. The number of nitrogens with zero attached hydrogens (tertiary/aromatic N) is 1. The fraction of sp³-hybridized carbons (Fsp3) is 0.500. The number of aliphatic hydroxyl groups is 1. The summed E-state index contributed by atoms with van der Waals surface area (Å²) in [4.78, 5) is 14.7. The standard InChI is InChI=1S/C26H35F2N3O2/c1-18(2)15-24(30-26(33)29-23-9-7-22(28)8-10-23)25(32)17-31-13-11-20(12-14-31)16-19-3-5-21(27)6-4-19/h3-10,18,20,24-25,32H,11-17H2,1-2H3,(H2,29,30,33)/t24-,25-/m1/s1. The molecule has 0 unspecified atom stereocenters. The first kappa shape index (κ1) is 25.1. The molecule has 3 rings (SSSR count). The summed E-state index contributed by atoms with van der Waals surface area (Å²) in [7, 11) is 0. The number of piperidine rings is 1. The van der Waals surface area contributed by atoms with Crippen LogP contribution >= 0.6 is 0 Å². The minimum atomic E-state index is -0.694. The van der Waals surface area contributed by atoms with Crippen molar-refractivity contribution in [3.63, 3.8) is 0 Å². The lowest BCUT2D eigenvalue weighted by Crippen LogP contribution is -2.51. The number of halogens is 2. The molecule has 0 radical (unpaired) electrons. The Bertz CT molecular complexity index is 866. The van der Waals surface area contributed by atoms with Gasteiger partial charge in [0, 0.05) is 12.2 Å². The van der Waals surface area contributed by atoms with Crippen LogP contribution in [-0.2, 0) is 6.42 Å². The summed E-state index contributed by atoms with van der Waals surface area (Å²) in [6, 6.07) is 11.5. The van der Waals surface area contributed by atoms with Crippen LogP contribution < -0.4 is 10.6 Å². The Labute approximate surface area is 195 Å². The van der Waals surface area contributed by atoms with E-state index in [1.54, 1.807) is 0 Å². The van der Waals surface area contributed by atoms with Crippen molar-refractivity contribution in [2.24, 2.45) is 11.8 Å². The lowest BCUT2D eigenvalue weighted by Gasteiger charge is -2.35. The van der Waals surface area contributed by atoms with Crippen molar-refractivity contribution in [2.75, 3.05) is 25.0 Å². The van der Waals surface area contributed by atoms with Gasteiger partial charge in [0.2, 0.25) is 0 Å². The number of carbonyl (C=O) groups is 1. The van der Waals surface area contributed by atoms with E-state index in [9.17, 15) is 18.7 Å². The lowest BCUT2D eigenvalue weighted by atomic mass is 9.89. The summed E-state index contributed by atoms with van der Waals surface area (Å²) in [5.41, 5.74) is 1.65. The Hall–Kier alpha value is -2.51. The molecule has 1 aliphatic rings. The van der Waals surface area contributed by atoms with E-state index in [0.29, 0.717) is 30.5 Å². The molecule has 2 aromatic rings. The first-order chi connectivity index (χ1) is 15.8. The highest BCUT2D eigenvalue weighted by Gasteiger charge is 2.27. The van der Waals surface area contributed by atoms with Gasteiger partial charge in [-0.3, -0.25) is 0 Å². The molecule has 0 aromatic heterocycles. The van der Waals surface area contributed by atoms with E-state index in [-0.39, 0.29) is 17.7 Å². The van der Waals surface area contributed by atoms with Crippen LogP contribution in [0.15, 0.2) is 48.5 Å². The van der Waals surface area contributed by atoms with Gasteiger partial charge in [-0.1, -0.05) is 26.0 Å². The second-order valence-electron chi connectivity index (χ2n) is 9.48. The van der Waals surface area contributed by atoms with E-state index < -0.39 is 12.1 Å². The first-order valence-electron chi connectivity index (χ1n) is 11.8. The molecule has 3 N–H and O–H groups in total. The Morgan fingerprint density at radius 3 is 2.18 bits per heavy atom. The summed E-state index contributed by atoms with van der Waals surface area (Å²) in [5.74, 6) is 0.279. The fourth-order valence-corrected chi connectivity index (χ4v) is 4.41. The molecule has 0 spiro atoms. The predicted molar refractivity (Wildman–Crippen MR) is 127 cm³/mol. The van der Waals surface area contributed by atoms with Crippen molar-refractivity contribution in [1.82, 2.24) is 10.2 Å². The molecule has 2 atom stereocenters. The van der Waals surface area contributed by atoms with Gasteiger partial charge in [0.25, 0.3) is 0 Å². The number of benzene rings is 2. The van der Waals surface area contributed by atoms with Crippen LogP contribution in [0.2, 0.25) is 0 Å². The van der Waals surface area contributed by atoms with Gasteiger partial charge in [0.1, 0.15) is 11.6 Å². The number of nitrogens with one attached hydrogen (secondary N) is 2. The molecule has 2 amide bonds. The number of β-amino-alcohol motifs (C(OH)–C–C–N with tert-alkyl or cyclic N) is 1. The monoisotopic (exact) mass is 459 g/mol. The third kappa shape index (κ3) is 8.41. The van der Waals surface area contributed by atoms with Gasteiger partial charge < -0.3 is 20.6 Å². The third-order valence-corrected chi connectivity index (χ3v) is 6.20. The molecule has 1 aliphatic heterocycles. The van der Waals surface area contributed by atoms with E-state index >= 15 is 0 Å². The number of carbonyl (C=O) groups excluding carboxylic acids is 1. The van der Waals surface area contributed by atoms with Crippen molar-refractivity contribution in [3.05, 3.63) is 65.7 Å². The van der Waals surface area contributed by atoms with Gasteiger partial charge in [-0.2, -0.15) is 0 Å². The number of hydrogen-bond donors (Lipinski definition) is 3. The van der Waals surface area contributed by atoms with Gasteiger partial charge in [-0.05, 0) is 92.6 Å². The zero-order chi connectivity index (χ0) is 23.8. The Balaban J connectivity index is 1.48. The normalized spacial score (nSPS) is 17.0. The topological polar surface area (TPSA) is 64.6 Å². The maximum atomic E-state index is 13.1. The van der Waals surface area contributed by atoms with E-state index in [2.05, 4.69) is 29.4 Å². The minimum absolute atomic E-state index is 0.210. The maximum absolute atomic E-state index is 13.1. The van der Waals surface area contributed by atoms with E-state index in [1.165, 1.54) is 36.4 Å². The molecular weight excluding hydrogens is 424 g/mol. The van der Waals surface area contributed by atoms with Crippen LogP contribution in [0, 0.1) is 23.5 Å². The highest BCUT2D eigenvalue weighted by molar-refractivity contribution is 5.89. The van der Waals surface area contributed by atoms with Gasteiger partial charge in [0.15, 0.2) is 0 Å². The number of aliphatic hydroxyl groups excluding tert-OH is 1. The largest absolute Gasteiger partial charge is 0.390 e. The molecule has 7 heteroatoms. The average molecular weight is 460 g/mol. The molecule has 0 saturated carbocycles. The molecule has 1 fully saturated rings. The number of hydrogen-bond acceptors (Lipinski definition) is 3. The van der Waals surface area contributed by atoms with Gasteiger partial charge >= 0.3 is 6.03 Å². The molecule has 5 nitrogen and oxygen atoms in total. The fourth-order valence-electron chi connectivity index (χ4n) is 4.41. The van der Waals surface area contributed by atoms with E-state index in [0.717, 1.165) is 37.9 Å². The molecular formula is C26H35F2N3O2. The third-order valence-electron chi connectivity index (χ3n) is 6.20. The predicted octanol–water partition coefficient (Wildman–Crippen LogP) is 4.82. The smallest absolute Gasteiger partial charge is 0.319 e. The zero-order valence-electron chi connectivity index (χ0n) is 19.4. The number of rotatable bonds is 9. The maximum Gasteiger partial charge on any atom is 0.319 e.